The lowest BCUT2D eigenvalue weighted by Crippen LogP contribution is -1.96. The summed E-state index contributed by atoms with van der Waals surface area (Å²) < 4.78 is 2.03. The summed E-state index contributed by atoms with van der Waals surface area (Å²) in [6.45, 7) is 0. The average Bonchev–Trinajstić information content (AvgIpc) is 2.95. The van der Waals surface area contributed by atoms with E-state index in [2.05, 4.69) is 5.32 Å². The number of rotatable bonds is 3. The first-order chi connectivity index (χ1) is 11.3. The fourth-order valence-electron chi connectivity index (χ4n) is 2.61. The van der Waals surface area contributed by atoms with Gasteiger partial charge in [-0.3, -0.25) is 4.40 Å². The number of anilines is 2. The zero-order valence-electron chi connectivity index (χ0n) is 12.3. The molecular weight excluding hydrogens is 306 g/mol. The van der Waals surface area contributed by atoms with Crippen LogP contribution in [0.2, 0.25) is 5.02 Å². The highest BCUT2D eigenvalue weighted by atomic mass is 35.5. The number of hydrogen-bond donors (Lipinski definition) is 1. The Morgan fingerprint density at radius 2 is 1.57 bits per heavy atom. The van der Waals surface area contributed by atoms with Crippen LogP contribution < -0.4 is 5.32 Å². The first-order valence-corrected chi connectivity index (χ1v) is 7.75. The van der Waals surface area contributed by atoms with Crippen molar-refractivity contribution in [1.29, 1.82) is 0 Å². The number of para-hydroxylation sites is 1. The minimum Gasteiger partial charge on any atom is -0.339 e. The van der Waals surface area contributed by atoms with Gasteiger partial charge in [-0.1, -0.05) is 54.1 Å². The number of hydrogen-bond acceptors (Lipinski definition) is 2. The predicted octanol–water partition coefficient (Wildman–Crippen LogP) is 5.40. The van der Waals surface area contributed by atoms with Gasteiger partial charge in [0.05, 0.1) is 5.02 Å². The number of halogens is 1. The van der Waals surface area contributed by atoms with Crippen LogP contribution in [0.15, 0.2) is 79.0 Å². The van der Waals surface area contributed by atoms with Crippen LogP contribution in [0, 0.1) is 0 Å². The molecule has 0 bridgehead atoms. The quantitative estimate of drug-likeness (QED) is 0.548. The summed E-state index contributed by atoms with van der Waals surface area (Å²) in [4.78, 5) is 4.76. The molecule has 112 valence electrons. The van der Waals surface area contributed by atoms with E-state index in [0.29, 0.717) is 5.02 Å². The van der Waals surface area contributed by atoms with E-state index in [1.165, 1.54) is 0 Å². The van der Waals surface area contributed by atoms with Crippen LogP contribution >= 0.6 is 11.6 Å². The summed E-state index contributed by atoms with van der Waals surface area (Å²) in [5.41, 5.74) is 3.63. The van der Waals surface area contributed by atoms with Crippen molar-refractivity contribution < 1.29 is 0 Å². The van der Waals surface area contributed by atoms with E-state index in [-0.39, 0.29) is 0 Å². The summed E-state index contributed by atoms with van der Waals surface area (Å²) >= 11 is 6.38. The standard InChI is InChI=1S/C19H14ClN3/c20-16-11-5-4-10-15(16)18-19(21-14-8-2-1-3-9-14)23-13-7-6-12-17(23)22-18/h1-13,21H. The maximum atomic E-state index is 6.38. The molecule has 0 aliphatic carbocycles. The Labute approximate surface area is 139 Å². The molecule has 0 saturated heterocycles. The molecule has 0 aliphatic heterocycles. The topological polar surface area (TPSA) is 29.3 Å². The van der Waals surface area contributed by atoms with E-state index in [1.807, 2.05) is 83.4 Å². The molecule has 0 amide bonds. The second-order valence-electron chi connectivity index (χ2n) is 5.21. The minimum atomic E-state index is 0.687. The maximum Gasteiger partial charge on any atom is 0.143 e. The predicted molar refractivity (Wildman–Crippen MR) is 95.4 cm³/mol. The lowest BCUT2D eigenvalue weighted by atomic mass is 10.1. The molecule has 4 aromatic rings. The van der Waals surface area contributed by atoms with E-state index in [9.17, 15) is 0 Å². The van der Waals surface area contributed by atoms with Crippen LogP contribution in [-0.2, 0) is 0 Å². The highest BCUT2D eigenvalue weighted by molar-refractivity contribution is 6.33. The van der Waals surface area contributed by atoms with Gasteiger partial charge in [0.2, 0.25) is 0 Å². The number of imidazole rings is 1. The first kappa shape index (κ1) is 13.9. The average molecular weight is 320 g/mol. The van der Waals surface area contributed by atoms with Gasteiger partial charge in [0.15, 0.2) is 0 Å². The van der Waals surface area contributed by atoms with Crippen molar-refractivity contribution in [3.63, 3.8) is 0 Å². The van der Waals surface area contributed by atoms with Crippen molar-refractivity contribution in [3.05, 3.63) is 84.0 Å². The Kier molecular flexibility index (Phi) is 3.48. The minimum absolute atomic E-state index is 0.687. The SMILES string of the molecule is Clc1ccccc1-c1nc2ccccn2c1Nc1ccccc1. The number of aromatic nitrogens is 2. The van der Waals surface area contributed by atoms with Crippen molar-refractivity contribution >= 4 is 28.8 Å². The Hall–Kier alpha value is -2.78. The van der Waals surface area contributed by atoms with Crippen molar-refractivity contribution in [2.75, 3.05) is 5.32 Å². The molecule has 23 heavy (non-hydrogen) atoms. The van der Waals surface area contributed by atoms with Gasteiger partial charge in [0.25, 0.3) is 0 Å². The molecule has 0 spiro atoms. The molecule has 0 saturated carbocycles. The summed E-state index contributed by atoms with van der Waals surface area (Å²) in [5.74, 6) is 0.903. The second-order valence-corrected chi connectivity index (χ2v) is 5.62. The highest BCUT2D eigenvalue weighted by Gasteiger charge is 2.16. The molecule has 0 unspecified atom stereocenters. The van der Waals surface area contributed by atoms with Crippen LogP contribution in [0.5, 0.6) is 0 Å². The van der Waals surface area contributed by atoms with Gasteiger partial charge in [-0.2, -0.15) is 0 Å². The Bertz CT molecular complexity index is 961. The Morgan fingerprint density at radius 3 is 2.39 bits per heavy atom. The molecule has 3 nitrogen and oxygen atoms in total. The Morgan fingerprint density at radius 1 is 0.826 bits per heavy atom. The van der Waals surface area contributed by atoms with Gasteiger partial charge in [-0.15, -0.1) is 0 Å². The lowest BCUT2D eigenvalue weighted by molar-refractivity contribution is 1.18. The number of benzene rings is 2. The summed E-state index contributed by atoms with van der Waals surface area (Å²) in [6.07, 6.45) is 1.99. The molecule has 0 aliphatic rings. The van der Waals surface area contributed by atoms with Gasteiger partial charge >= 0.3 is 0 Å². The third-order valence-corrected chi connectivity index (χ3v) is 4.03. The van der Waals surface area contributed by atoms with Crippen LogP contribution in [-0.4, -0.2) is 9.38 Å². The molecule has 4 rings (SSSR count). The largest absolute Gasteiger partial charge is 0.339 e. The molecule has 2 aromatic heterocycles. The van der Waals surface area contributed by atoms with Crippen LogP contribution in [0.1, 0.15) is 0 Å². The van der Waals surface area contributed by atoms with E-state index >= 15 is 0 Å². The normalized spacial score (nSPS) is 10.8. The molecule has 4 heteroatoms. The fraction of sp³-hybridized carbons (Fsp3) is 0. The van der Waals surface area contributed by atoms with Crippen LogP contribution in [0.4, 0.5) is 11.5 Å². The molecule has 1 N–H and O–H groups in total. The van der Waals surface area contributed by atoms with Gasteiger partial charge < -0.3 is 5.32 Å². The highest BCUT2D eigenvalue weighted by Crippen LogP contribution is 2.34. The maximum absolute atomic E-state index is 6.38. The smallest absolute Gasteiger partial charge is 0.143 e. The summed E-state index contributed by atoms with van der Waals surface area (Å²) in [6, 6.07) is 23.8. The van der Waals surface area contributed by atoms with Gasteiger partial charge in [0.1, 0.15) is 17.2 Å². The number of nitrogens with one attached hydrogen (secondary N) is 1. The molecule has 0 radical (unpaired) electrons. The second kappa shape index (κ2) is 5.78. The zero-order chi connectivity index (χ0) is 15.6. The van der Waals surface area contributed by atoms with Gasteiger partial charge in [-0.05, 0) is 30.3 Å². The van der Waals surface area contributed by atoms with Gasteiger partial charge in [-0.25, -0.2) is 4.98 Å². The fourth-order valence-corrected chi connectivity index (χ4v) is 2.84. The van der Waals surface area contributed by atoms with Crippen molar-refractivity contribution in [3.8, 4) is 11.3 Å². The van der Waals surface area contributed by atoms with Crippen molar-refractivity contribution in [2.24, 2.45) is 0 Å². The van der Waals surface area contributed by atoms with E-state index in [4.69, 9.17) is 16.6 Å². The molecule has 2 aromatic carbocycles. The number of pyridine rings is 1. The molecule has 0 fully saturated rings. The third-order valence-electron chi connectivity index (χ3n) is 3.70. The molecule has 2 heterocycles. The van der Waals surface area contributed by atoms with Crippen LogP contribution in [0.25, 0.3) is 16.9 Å². The van der Waals surface area contributed by atoms with E-state index in [1.54, 1.807) is 0 Å². The van der Waals surface area contributed by atoms with Crippen molar-refractivity contribution in [1.82, 2.24) is 9.38 Å². The summed E-state index contributed by atoms with van der Waals surface area (Å²) in [5, 5.41) is 4.15. The Balaban J connectivity index is 1.93. The zero-order valence-corrected chi connectivity index (χ0v) is 13.0. The number of fused-ring (bicyclic) bond motifs is 1. The van der Waals surface area contributed by atoms with Crippen molar-refractivity contribution in [2.45, 2.75) is 0 Å². The van der Waals surface area contributed by atoms with E-state index in [0.717, 1.165) is 28.4 Å². The van der Waals surface area contributed by atoms with E-state index < -0.39 is 0 Å². The van der Waals surface area contributed by atoms with Crippen LogP contribution in [0.3, 0.4) is 0 Å². The number of nitrogens with zero attached hydrogens (tertiary/aromatic N) is 2. The molecule has 0 atom stereocenters. The first-order valence-electron chi connectivity index (χ1n) is 7.37. The summed E-state index contributed by atoms with van der Waals surface area (Å²) in [7, 11) is 0. The monoisotopic (exact) mass is 319 g/mol. The molecular formula is C19H14ClN3. The third kappa shape index (κ3) is 2.56. The van der Waals surface area contributed by atoms with Gasteiger partial charge in [0, 0.05) is 17.4 Å². The lowest BCUT2D eigenvalue weighted by Gasteiger charge is -2.09.